The molecule has 0 aliphatic carbocycles. The van der Waals surface area contributed by atoms with E-state index in [4.69, 9.17) is 52.1 Å². The molecular weight excluding hydrogens is 500 g/mol. The molecule has 3 rings (SSSR count). The number of nitrogen functional groups attached to an aromatic ring is 1. The summed E-state index contributed by atoms with van der Waals surface area (Å²) in [6, 6.07) is 0. The molecule has 3 N–H and O–H groups in total. The van der Waals surface area contributed by atoms with Gasteiger partial charge in [-0.15, -0.1) is 0 Å². The SMILES string of the molecule is Cc1ncc([N+](=O)[O-])n1CCN(C(=O)O)C(n1cnc2c(N)nc(Cl)nc21)C(Cl)(Cl)Cl. The number of nitrogens with two attached hydrogens (primary N) is 1. The second-order valence-electron chi connectivity index (χ2n) is 6.17. The fourth-order valence-corrected chi connectivity index (χ4v) is 3.82. The molecule has 1 unspecified atom stereocenters. The van der Waals surface area contributed by atoms with Crippen molar-refractivity contribution in [2.24, 2.45) is 0 Å². The summed E-state index contributed by atoms with van der Waals surface area (Å²) in [6.45, 7) is 1.09. The molecule has 0 aromatic carbocycles. The predicted molar refractivity (Wildman–Crippen MR) is 112 cm³/mol. The fraction of sp³-hybridized carbons (Fsp3) is 0.357. The van der Waals surface area contributed by atoms with E-state index in [9.17, 15) is 20.0 Å². The van der Waals surface area contributed by atoms with Crippen molar-refractivity contribution in [3.63, 3.8) is 0 Å². The fourth-order valence-electron chi connectivity index (χ4n) is 2.98. The molecule has 0 spiro atoms. The Balaban J connectivity index is 2.06. The van der Waals surface area contributed by atoms with Crippen molar-refractivity contribution in [1.82, 2.24) is 34.0 Å². The Hall–Kier alpha value is -2.61. The molecule has 1 amide bonds. The van der Waals surface area contributed by atoms with Crippen molar-refractivity contribution in [2.75, 3.05) is 12.3 Å². The minimum Gasteiger partial charge on any atom is -0.465 e. The molecule has 13 nitrogen and oxygen atoms in total. The number of anilines is 1. The Morgan fingerprint density at radius 3 is 2.65 bits per heavy atom. The second-order valence-corrected chi connectivity index (χ2v) is 8.87. The van der Waals surface area contributed by atoms with Gasteiger partial charge < -0.3 is 21.0 Å². The molecular formula is C14H13Cl4N9O4. The number of nitrogens with zero attached hydrogens (tertiary/aromatic N) is 8. The molecule has 3 heterocycles. The van der Waals surface area contributed by atoms with Gasteiger partial charge >= 0.3 is 11.9 Å². The maximum atomic E-state index is 12.1. The van der Waals surface area contributed by atoms with E-state index in [1.807, 2.05) is 0 Å². The highest BCUT2D eigenvalue weighted by molar-refractivity contribution is 6.68. The highest BCUT2D eigenvalue weighted by atomic mass is 35.6. The summed E-state index contributed by atoms with van der Waals surface area (Å²) in [5, 5.41) is 20.8. The summed E-state index contributed by atoms with van der Waals surface area (Å²) in [5.74, 6) is -0.0557. The third kappa shape index (κ3) is 4.54. The summed E-state index contributed by atoms with van der Waals surface area (Å²) >= 11 is 24.2. The zero-order valence-electron chi connectivity index (χ0n) is 15.5. The van der Waals surface area contributed by atoms with Crippen molar-refractivity contribution in [1.29, 1.82) is 0 Å². The molecule has 0 saturated carbocycles. The summed E-state index contributed by atoms with van der Waals surface area (Å²) in [5.41, 5.74) is 5.94. The van der Waals surface area contributed by atoms with E-state index < -0.39 is 21.0 Å². The van der Waals surface area contributed by atoms with Crippen LogP contribution in [0, 0.1) is 17.0 Å². The third-order valence-electron chi connectivity index (χ3n) is 4.30. The van der Waals surface area contributed by atoms with Gasteiger partial charge in [0, 0.05) is 6.92 Å². The van der Waals surface area contributed by atoms with Crippen LogP contribution in [0.2, 0.25) is 5.28 Å². The van der Waals surface area contributed by atoms with Gasteiger partial charge in [0.2, 0.25) is 9.08 Å². The average Bonchev–Trinajstić information content (AvgIpc) is 3.21. The number of hydrogen-bond donors (Lipinski definition) is 2. The molecule has 17 heteroatoms. The highest BCUT2D eigenvalue weighted by Crippen LogP contribution is 2.42. The van der Waals surface area contributed by atoms with Crippen LogP contribution in [0.1, 0.15) is 12.0 Å². The highest BCUT2D eigenvalue weighted by Gasteiger charge is 2.43. The molecule has 0 aliphatic heterocycles. The van der Waals surface area contributed by atoms with Crippen LogP contribution in [0.15, 0.2) is 12.5 Å². The Bertz CT molecular complexity index is 1160. The number of halogens is 4. The number of rotatable bonds is 6. The van der Waals surface area contributed by atoms with Crippen molar-refractivity contribution < 1.29 is 14.8 Å². The van der Waals surface area contributed by atoms with Crippen LogP contribution < -0.4 is 5.73 Å². The van der Waals surface area contributed by atoms with Gasteiger partial charge in [-0.3, -0.25) is 9.47 Å². The average molecular weight is 513 g/mol. The van der Waals surface area contributed by atoms with Gasteiger partial charge in [0.25, 0.3) is 0 Å². The molecule has 0 saturated heterocycles. The lowest BCUT2D eigenvalue weighted by molar-refractivity contribution is -0.392. The van der Waals surface area contributed by atoms with Crippen molar-refractivity contribution in [3.8, 4) is 0 Å². The van der Waals surface area contributed by atoms with E-state index in [1.54, 1.807) is 0 Å². The molecule has 0 bridgehead atoms. The van der Waals surface area contributed by atoms with Gasteiger partial charge in [0.1, 0.15) is 18.3 Å². The van der Waals surface area contributed by atoms with E-state index in [0.717, 1.165) is 11.1 Å². The van der Waals surface area contributed by atoms with Gasteiger partial charge in [-0.05, 0) is 16.5 Å². The number of fused-ring (bicyclic) bond motifs is 1. The second kappa shape index (κ2) is 8.49. The topological polar surface area (TPSA) is 171 Å². The first-order valence-electron chi connectivity index (χ1n) is 8.30. The molecule has 31 heavy (non-hydrogen) atoms. The first kappa shape index (κ1) is 23.1. The summed E-state index contributed by atoms with van der Waals surface area (Å²) in [4.78, 5) is 39.2. The molecule has 3 aromatic heterocycles. The van der Waals surface area contributed by atoms with Crippen molar-refractivity contribution >= 4 is 75.3 Å². The molecule has 3 aromatic rings. The van der Waals surface area contributed by atoms with E-state index in [0.29, 0.717) is 5.82 Å². The number of aryl methyl sites for hydroxylation is 1. The lowest BCUT2D eigenvalue weighted by Crippen LogP contribution is -2.45. The number of imidazole rings is 2. The number of carboxylic acid groups (broad SMARTS) is 1. The minimum atomic E-state index is -2.20. The van der Waals surface area contributed by atoms with Gasteiger partial charge in [0.05, 0.1) is 12.9 Å². The van der Waals surface area contributed by atoms with E-state index in [1.165, 1.54) is 22.4 Å². The van der Waals surface area contributed by atoms with Crippen LogP contribution >= 0.6 is 46.4 Å². The lowest BCUT2D eigenvalue weighted by atomic mass is 10.4. The molecule has 0 aliphatic rings. The Kier molecular flexibility index (Phi) is 6.32. The minimum absolute atomic E-state index is 0.0323. The predicted octanol–water partition coefficient (Wildman–Crippen LogP) is 3.02. The smallest absolute Gasteiger partial charge is 0.409 e. The molecule has 0 radical (unpaired) electrons. The number of amides is 1. The standard InChI is InChI=1S/C14H13Cl4N9O4/c1-6-20-4-7(27(30)31)24(6)2-3-25(13(28)29)11(14(16,17)18)26-5-21-8-9(19)22-12(15)23-10(8)26/h4-5,11H,2-3H2,1H3,(H,28,29)(H2,19,22,23). The monoisotopic (exact) mass is 511 g/mol. The van der Waals surface area contributed by atoms with Gasteiger partial charge in [0.15, 0.2) is 23.5 Å². The Morgan fingerprint density at radius 1 is 1.39 bits per heavy atom. The number of carbonyl (C=O) groups is 1. The largest absolute Gasteiger partial charge is 0.465 e. The number of nitro groups is 1. The summed E-state index contributed by atoms with van der Waals surface area (Å²) in [7, 11) is 0. The van der Waals surface area contributed by atoms with Crippen LogP contribution in [0.25, 0.3) is 11.2 Å². The normalized spacial score (nSPS) is 12.8. The van der Waals surface area contributed by atoms with E-state index >= 15 is 0 Å². The maximum Gasteiger partial charge on any atom is 0.409 e. The van der Waals surface area contributed by atoms with Gasteiger partial charge in [-0.1, -0.05) is 34.8 Å². The quantitative estimate of drug-likeness (QED) is 0.218. The first-order chi connectivity index (χ1) is 14.4. The third-order valence-corrected chi connectivity index (χ3v) is 5.06. The van der Waals surface area contributed by atoms with Gasteiger partial charge in [-0.25, -0.2) is 19.3 Å². The van der Waals surface area contributed by atoms with Crippen molar-refractivity contribution in [3.05, 3.63) is 33.7 Å². The summed E-state index contributed by atoms with van der Waals surface area (Å²) in [6.07, 6.45) is -0.697. The zero-order valence-corrected chi connectivity index (χ0v) is 18.5. The van der Waals surface area contributed by atoms with E-state index in [2.05, 4.69) is 19.9 Å². The lowest BCUT2D eigenvalue weighted by Gasteiger charge is -2.34. The number of alkyl halides is 3. The van der Waals surface area contributed by atoms with Crippen LogP contribution in [0.5, 0.6) is 0 Å². The molecule has 1 atom stereocenters. The number of aromatic nitrogens is 6. The van der Waals surface area contributed by atoms with Crippen LogP contribution in [-0.4, -0.2) is 60.4 Å². The molecule has 0 fully saturated rings. The van der Waals surface area contributed by atoms with Crippen LogP contribution in [0.4, 0.5) is 16.4 Å². The van der Waals surface area contributed by atoms with Crippen LogP contribution in [-0.2, 0) is 6.54 Å². The zero-order chi connectivity index (χ0) is 23.1. The van der Waals surface area contributed by atoms with Gasteiger partial charge in [-0.2, -0.15) is 9.97 Å². The van der Waals surface area contributed by atoms with E-state index in [-0.39, 0.29) is 41.2 Å². The van der Waals surface area contributed by atoms with Crippen LogP contribution in [0.3, 0.4) is 0 Å². The number of hydrogen-bond acceptors (Lipinski definition) is 8. The maximum absolute atomic E-state index is 12.1. The Labute approximate surface area is 193 Å². The summed E-state index contributed by atoms with van der Waals surface area (Å²) < 4.78 is 0.206. The molecule has 166 valence electrons. The van der Waals surface area contributed by atoms with Crippen molar-refractivity contribution in [2.45, 2.75) is 23.4 Å². The Morgan fingerprint density at radius 2 is 2.06 bits per heavy atom. The first-order valence-corrected chi connectivity index (χ1v) is 9.81.